The predicted molar refractivity (Wildman–Crippen MR) is 58.8 cm³/mol. The number of amides is 3. The second-order valence-electron chi connectivity index (χ2n) is 4.37. The molecule has 0 aromatic rings. The predicted octanol–water partition coefficient (Wildman–Crippen LogP) is -0.855. The molecule has 3 amide bonds. The van der Waals surface area contributed by atoms with Gasteiger partial charge in [-0.1, -0.05) is 13.8 Å². The zero-order valence-corrected chi connectivity index (χ0v) is 9.69. The number of nitrogens with zero attached hydrogens (tertiary/aromatic N) is 1. The van der Waals surface area contributed by atoms with Gasteiger partial charge >= 0.3 is 6.03 Å². The Balaban J connectivity index is 2.25. The molecule has 1 aliphatic rings. The number of nitrogens with one attached hydrogen (secondary N) is 2. The van der Waals surface area contributed by atoms with Crippen molar-refractivity contribution in [1.29, 1.82) is 0 Å². The van der Waals surface area contributed by atoms with Crippen LogP contribution in [0.15, 0.2) is 0 Å². The van der Waals surface area contributed by atoms with E-state index in [1.807, 2.05) is 0 Å². The van der Waals surface area contributed by atoms with E-state index in [2.05, 4.69) is 24.5 Å². The third-order valence-corrected chi connectivity index (χ3v) is 2.26. The molecular weight excluding hydrogens is 210 g/mol. The Hall–Kier alpha value is -1.14. The van der Waals surface area contributed by atoms with Gasteiger partial charge in [0, 0.05) is 6.54 Å². The van der Waals surface area contributed by atoms with E-state index in [1.54, 1.807) is 0 Å². The molecule has 3 N–H and O–H groups in total. The summed E-state index contributed by atoms with van der Waals surface area (Å²) < 4.78 is 0. The zero-order chi connectivity index (χ0) is 12.1. The minimum atomic E-state index is -0.716. The fourth-order valence-electron chi connectivity index (χ4n) is 1.45. The quantitative estimate of drug-likeness (QED) is 0.518. The molecule has 0 aromatic heterocycles. The summed E-state index contributed by atoms with van der Waals surface area (Å²) in [6.45, 7) is 5.40. The van der Waals surface area contributed by atoms with Gasteiger partial charge in [-0.3, -0.25) is 9.69 Å². The van der Waals surface area contributed by atoms with Crippen molar-refractivity contribution in [3.05, 3.63) is 0 Å². The minimum Gasteiger partial charge on any atom is -0.390 e. The number of aliphatic hydroxyl groups is 1. The molecule has 0 radical (unpaired) electrons. The molecule has 0 bridgehead atoms. The van der Waals surface area contributed by atoms with Crippen LogP contribution in [0.1, 0.15) is 13.8 Å². The molecule has 1 heterocycles. The van der Waals surface area contributed by atoms with Crippen LogP contribution in [0.3, 0.4) is 0 Å². The molecule has 1 unspecified atom stereocenters. The number of hydrogen-bond acceptors (Lipinski definition) is 4. The van der Waals surface area contributed by atoms with E-state index in [0.29, 0.717) is 12.5 Å². The number of carbonyl (C=O) groups excluding carboxylic acids is 2. The number of imide groups is 1. The summed E-state index contributed by atoms with van der Waals surface area (Å²) in [4.78, 5) is 23.4. The van der Waals surface area contributed by atoms with Gasteiger partial charge in [0.15, 0.2) is 0 Å². The van der Waals surface area contributed by atoms with Crippen LogP contribution in [-0.4, -0.2) is 54.2 Å². The molecule has 1 fully saturated rings. The number of β-amino-alcohol motifs (C(OH)–C–C–N with tert-alkyl or cyclic N) is 1. The fraction of sp³-hybridized carbons (Fsp3) is 0.800. The molecule has 1 aliphatic heterocycles. The average Bonchev–Trinajstić information content (AvgIpc) is 2.49. The van der Waals surface area contributed by atoms with E-state index in [4.69, 9.17) is 0 Å². The molecule has 6 heteroatoms. The van der Waals surface area contributed by atoms with E-state index < -0.39 is 12.1 Å². The van der Waals surface area contributed by atoms with Crippen molar-refractivity contribution in [2.75, 3.05) is 26.2 Å². The van der Waals surface area contributed by atoms with Crippen molar-refractivity contribution in [2.24, 2.45) is 5.92 Å². The third-order valence-electron chi connectivity index (χ3n) is 2.26. The van der Waals surface area contributed by atoms with Crippen LogP contribution < -0.4 is 10.6 Å². The SMILES string of the molecule is CC(C)CNCC(O)CN1C(=O)CNC1=O. The fourth-order valence-corrected chi connectivity index (χ4v) is 1.45. The van der Waals surface area contributed by atoms with Crippen LogP contribution in [0, 0.1) is 5.92 Å². The zero-order valence-electron chi connectivity index (χ0n) is 9.69. The summed E-state index contributed by atoms with van der Waals surface area (Å²) in [5.41, 5.74) is 0. The molecule has 0 aromatic carbocycles. The topological polar surface area (TPSA) is 81.7 Å². The number of rotatable bonds is 6. The van der Waals surface area contributed by atoms with Crippen LogP contribution in [0.25, 0.3) is 0 Å². The van der Waals surface area contributed by atoms with Gasteiger partial charge in [-0.25, -0.2) is 4.79 Å². The van der Waals surface area contributed by atoms with Crippen molar-refractivity contribution in [3.8, 4) is 0 Å². The van der Waals surface area contributed by atoms with Crippen molar-refractivity contribution in [3.63, 3.8) is 0 Å². The van der Waals surface area contributed by atoms with Crippen LogP contribution in [0.4, 0.5) is 4.79 Å². The first-order valence-electron chi connectivity index (χ1n) is 5.47. The number of aliphatic hydroxyl groups excluding tert-OH is 1. The maximum absolute atomic E-state index is 11.2. The van der Waals surface area contributed by atoms with Crippen LogP contribution in [0.2, 0.25) is 0 Å². The van der Waals surface area contributed by atoms with Crippen LogP contribution in [-0.2, 0) is 4.79 Å². The lowest BCUT2D eigenvalue weighted by Gasteiger charge is -2.18. The Kier molecular flexibility index (Phi) is 4.70. The Labute approximate surface area is 95.0 Å². The van der Waals surface area contributed by atoms with E-state index in [0.717, 1.165) is 11.4 Å². The molecule has 6 nitrogen and oxygen atoms in total. The summed E-state index contributed by atoms with van der Waals surface area (Å²) in [7, 11) is 0. The van der Waals surface area contributed by atoms with Crippen LogP contribution >= 0.6 is 0 Å². The van der Waals surface area contributed by atoms with E-state index >= 15 is 0 Å². The van der Waals surface area contributed by atoms with E-state index in [1.165, 1.54) is 0 Å². The molecule has 1 rings (SSSR count). The smallest absolute Gasteiger partial charge is 0.324 e. The largest absolute Gasteiger partial charge is 0.390 e. The Morgan fingerprint density at radius 3 is 2.62 bits per heavy atom. The lowest BCUT2D eigenvalue weighted by molar-refractivity contribution is -0.125. The molecule has 1 saturated heterocycles. The Morgan fingerprint density at radius 1 is 1.44 bits per heavy atom. The van der Waals surface area contributed by atoms with Gasteiger partial charge in [0.1, 0.15) is 0 Å². The van der Waals surface area contributed by atoms with E-state index in [9.17, 15) is 14.7 Å². The first kappa shape index (κ1) is 12.9. The van der Waals surface area contributed by atoms with Crippen molar-refractivity contribution in [2.45, 2.75) is 20.0 Å². The van der Waals surface area contributed by atoms with Gasteiger partial charge in [0.2, 0.25) is 5.91 Å². The summed E-state index contributed by atoms with van der Waals surface area (Å²) in [6.07, 6.45) is -0.716. The monoisotopic (exact) mass is 229 g/mol. The lowest BCUT2D eigenvalue weighted by Crippen LogP contribution is -2.42. The van der Waals surface area contributed by atoms with Gasteiger partial charge in [-0.2, -0.15) is 0 Å². The third kappa shape index (κ3) is 3.79. The highest BCUT2D eigenvalue weighted by molar-refractivity contribution is 6.01. The minimum absolute atomic E-state index is 0.0327. The number of urea groups is 1. The molecule has 16 heavy (non-hydrogen) atoms. The van der Waals surface area contributed by atoms with Crippen molar-refractivity contribution >= 4 is 11.9 Å². The summed E-state index contributed by atoms with van der Waals surface area (Å²) in [5.74, 6) is 0.219. The van der Waals surface area contributed by atoms with Crippen molar-refractivity contribution in [1.82, 2.24) is 15.5 Å². The van der Waals surface area contributed by atoms with Crippen LogP contribution in [0.5, 0.6) is 0 Å². The van der Waals surface area contributed by atoms with Gasteiger partial charge in [-0.15, -0.1) is 0 Å². The first-order valence-corrected chi connectivity index (χ1v) is 5.47. The summed E-state index contributed by atoms with van der Waals surface area (Å²) in [6, 6.07) is -0.423. The van der Waals surface area contributed by atoms with Gasteiger partial charge < -0.3 is 15.7 Å². The number of carbonyl (C=O) groups is 2. The lowest BCUT2D eigenvalue weighted by atomic mass is 10.2. The number of hydrogen-bond donors (Lipinski definition) is 3. The molecule has 0 spiro atoms. The molecule has 92 valence electrons. The Bertz CT molecular complexity index is 252. The maximum atomic E-state index is 11.2. The summed E-state index contributed by atoms with van der Waals surface area (Å²) >= 11 is 0. The summed E-state index contributed by atoms with van der Waals surface area (Å²) in [5, 5.41) is 15.1. The van der Waals surface area contributed by atoms with E-state index in [-0.39, 0.29) is 19.0 Å². The highest BCUT2D eigenvalue weighted by atomic mass is 16.3. The molecular formula is C10H19N3O3. The molecule has 0 aliphatic carbocycles. The normalized spacial score (nSPS) is 18.1. The average molecular weight is 229 g/mol. The van der Waals surface area contributed by atoms with Gasteiger partial charge in [0.25, 0.3) is 0 Å². The molecule has 1 atom stereocenters. The van der Waals surface area contributed by atoms with Crippen molar-refractivity contribution < 1.29 is 14.7 Å². The first-order chi connectivity index (χ1) is 7.50. The van der Waals surface area contributed by atoms with Gasteiger partial charge in [0.05, 0.1) is 19.2 Å². The van der Waals surface area contributed by atoms with Gasteiger partial charge in [-0.05, 0) is 12.5 Å². The second kappa shape index (κ2) is 5.81. The highest BCUT2D eigenvalue weighted by Gasteiger charge is 2.29. The highest BCUT2D eigenvalue weighted by Crippen LogP contribution is 2.00. The second-order valence-corrected chi connectivity index (χ2v) is 4.37. The maximum Gasteiger partial charge on any atom is 0.324 e. The molecule has 0 saturated carbocycles. The Morgan fingerprint density at radius 2 is 2.12 bits per heavy atom. The standard InChI is InChI=1S/C10H19N3O3/c1-7(2)3-11-4-8(14)6-13-9(15)5-12-10(13)16/h7-8,11,14H,3-6H2,1-2H3,(H,12,16).